The van der Waals surface area contributed by atoms with E-state index in [0.29, 0.717) is 5.56 Å². The Bertz CT molecular complexity index is 2750. The predicted octanol–water partition coefficient (Wildman–Crippen LogP) is 12.6. The highest BCUT2D eigenvalue weighted by Gasteiger charge is 2.53. The van der Waals surface area contributed by atoms with Crippen LogP contribution in [0.3, 0.4) is 0 Å². The van der Waals surface area contributed by atoms with Gasteiger partial charge >= 0.3 is 0 Å². The minimum atomic E-state index is -0.487. The van der Waals surface area contributed by atoms with E-state index in [0.717, 1.165) is 39.2 Å². The zero-order chi connectivity index (χ0) is 36.4. The minimum Gasteiger partial charge on any atom is -0.248 e. The van der Waals surface area contributed by atoms with E-state index in [1.54, 1.807) is 0 Å². The average Bonchev–Trinajstić information content (AvgIpc) is 3.54. The van der Waals surface area contributed by atoms with Crippen molar-refractivity contribution in [2.24, 2.45) is 0 Å². The number of rotatable bonds is 4. The summed E-state index contributed by atoms with van der Waals surface area (Å²) in [6, 6.07) is 67.6. The van der Waals surface area contributed by atoms with Gasteiger partial charge in [0.25, 0.3) is 0 Å². The maximum Gasteiger partial charge on any atom is 0.0991 e. The van der Waals surface area contributed by atoms with E-state index in [4.69, 9.17) is 4.98 Å². The minimum absolute atomic E-state index is 0.160. The van der Waals surface area contributed by atoms with E-state index in [9.17, 15) is 5.26 Å². The summed E-state index contributed by atoms with van der Waals surface area (Å²) in [5, 5.41) is 9.82. The van der Waals surface area contributed by atoms with Gasteiger partial charge < -0.3 is 0 Å². The number of aromatic nitrogens is 1. The first-order chi connectivity index (χ1) is 26.5. The normalized spacial score (nSPS) is 14.0. The maximum atomic E-state index is 9.82. The highest BCUT2D eigenvalue weighted by atomic mass is 14.7. The van der Waals surface area contributed by atoms with Crippen LogP contribution in [0.5, 0.6) is 0 Å². The zero-order valence-electron chi connectivity index (χ0n) is 30.2. The Morgan fingerprint density at radius 3 is 1.63 bits per heavy atom. The lowest BCUT2D eigenvalue weighted by molar-refractivity contribution is 0.563. The van der Waals surface area contributed by atoms with Gasteiger partial charge in [0.2, 0.25) is 0 Å². The lowest BCUT2D eigenvalue weighted by Gasteiger charge is -2.46. The molecule has 1 heterocycles. The van der Waals surface area contributed by atoms with Gasteiger partial charge in [0, 0.05) is 16.5 Å². The Morgan fingerprint density at radius 2 is 0.926 bits per heavy atom. The number of fused-ring (bicyclic) bond motifs is 9. The first-order valence-corrected chi connectivity index (χ1v) is 18.6. The van der Waals surface area contributed by atoms with Crippen LogP contribution < -0.4 is 0 Å². The van der Waals surface area contributed by atoms with Crippen molar-refractivity contribution >= 4 is 0 Å². The fourth-order valence-electron chi connectivity index (χ4n) is 9.34. The second kappa shape index (κ2) is 12.1. The third-order valence-corrected chi connectivity index (χ3v) is 11.8. The van der Waals surface area contributed by atoms with E-state index >= 15 is 0 Å². The van der Waals surface area contributed by atoms with Gasteiger partial charge in [-0.2, -0.15) is 5.26 Å². The molecule has 7 aromatic carbocycles. The Kier molecular flexibility index (Phi) is 7.16. The smallest absolute Gasteiger partial charge is 0.0991 e. The van der Waals surface area contributed by atoms with E-state index < -0.39 is 5.41 Å². The molecular formula is C52H36N2. The quantitative estimate of drug-likeness (QED) is 0.185. The molecule has 0 unspecified atom stereocenters. The summed E-state index contributed by atoms with van der Waals surface area (Å²) in [6.07, 6.45) is 0. The summed E-state index contributed by atoms with van der Waals surface area (Å²) < 4.78 is 0. The molecule has 0 N–H and O–H groups in total. The monoisotopic (exact) mass is 688 g/mol. The SMILES string of the molecule is CC1(C)c2ccccc2C2(c3ccccc3-c3c(-c4cc(-c5cccc(C#N)c5)cc(-c5ccc(-c6ccccc6)cc5)n4)cccc32)c2ccccc21. The Balaban J connectivity index is 1.24. The summed E-state index contributed by atoms with van der Waals surface area (Å²) in [5.41, 5.74) is 18.7. The molecule has 2 aliphatic carbocycles. The third kappa shape index (κ3) is 4.62. The Morgan fingerprint density at radius 1 is 0.407 bits per heavy atom. The van der Waals surface area contributed by atoms with Crippen molar-refractivity contribution in [3.8, 4) is 62.0 Å². The van der Waals surface area contributed by atoms with Gasteiger partial charge in [-0.15, -0.1) is 0 Å². The lowest BCUT2D eigenvalue weighted by Crippen LogP contribution is -2.40. The molecule has 8 aromatic rings. The Labute approximate surface area is 316 Å². The van der Waals surface area contributed by atoms with Crippen LogP contribution in [-0.4, -0.2) is 4.98 Å². The van der Waals surface area contributed by atoms with E-state index in [1.165, 1.54) is 50.1 Å². The van der Waals surface area contributed by atoms with Crippen molar-refractivity contribution in [3.05, 3.63) is 221 Å². The van der Waals surface area contributed by atoms with Crippen molar-refractivity contribution in [3.63, 3.8) is 0 Å². The van der Waals surface area contributed by atoms with E-state index in [-0.39, 0.29) is 5.41 Å². The Hall–Kier alpha value is -6.82. The molecule has 0 atom stereocenters. The molecule has 2 nitrogen and oxygen atoms in total. The summed E-state index contributed by atoms with van der Waals surface area (Å²) >= 11 is 0. The molecule has 2 heteroatoms. The standard InChI is InChI=1S/C52H36N2/c1-51(2)43-21-8-10-23-45(43)52(46-24-11-9-22-44(46)51)42-20-7-6-18-40(42)50-41(19-13-25-47(50)52)49-32-39(38-17-12-14-34(30-38)33-53)31-48(54-49)37-28-26-36(27-29-37)35-15-4-3-5-16-35/h3-32H,1-2H3. The molecule has 1 aromatic heterocycles. The van der Waals surface area contributed by atoms with Gasteiger partial charge in [0.1, 0.15) is 0 Å². The molecule has 10 rings (SSSR count). The van der Waals surface area contributed by atoms with Crippen LogP contribution in [0.25, 0.3) is 55.9 Å². The van der Waals surface area contributed by atoms with Gasteiger partial charge in [-0.1, -0.05) is 172 Å². The van der Waals surface area contributed by atoms with Crippen LogP contribution in [0, 0.1) is 11.3 Å². The molecule has 1 spiro atoms. The molecule has 254 valence electrons. The second-order valence-corrected chi connectivity index (χ2v) is 15.0. The number of benzene rings is 7. The summed E-state index contributed by atoms with van der Waals surface area (Å²) in [6.45, 7) is 4.72. The topological polar surface area (TPSA) is 36.7 Å². The molecule has 0 saturated heterocycles. The number of nitriles is 1. The van der Waals surface area contributed by atoms with Crippen LogP contribution in [0.2, 0.25) is 0 Å². The number of hydrogen-bond acceptors (Lipinski definition) is 2. The fourth-order valence-corrected chi connectivity index (χ4v) is 9.34. The molecular weight excluding hydrogens is 653 g/mol. The number of hydrogen-bond donors (Lipinski definition) is 0. The van der Waals surface area contributed by atoms with Crippen LogP contribution in [-0.2, 0) is 10.8 Å². The summed E-state index contributed by atoms with van der Waals surface area (Å²) in [4.78, 5) is 5.48. The first-order valence-electron chi connectivity index (χ1n) is 18.6. The molecule has 2 aliphatic rings. The molecule has 0 aliphatic heterocycles. The van der Waals surface area contributed by atoms with Crippen molar-refractivity contribution in [1.29, 1.82) is 5.26 Å². The van der Waals surface area contributed by atoms with Crippen molar-refractivity contribution in [1.82, 2.24) is 4.98 Å². The second-order valence-electron chi connectivity index (χ2n) is 15.0. The van der Waals surface area contributed by atoms with Crippen LogP contribution in [0.4, 0.5) is 0 Å². The fraction of sp³-hybridized carbons (Fsp3) is 0.0769. The summed E-state index contributed by atoms with van der Waals surface area (Å²) in [5.74, 6) is 0. The highest BCUT2D eigenvalue weighted by Crippen LogP contribution is 2.63. The van der Waals surface area contributed by atoms with Gasteiger partial charge in [-0.05, 0) is 91.0 Å². The summed E-state index contributed by atoms with van der Waals surface area (Å²) in [7, 11) is 0. The molecule has 0 saturated carbocycles. The van der Waals surface area contributed by atoms with Crippen LogP contribution in [0.15, 0.2) is 182 Å². The third-order valence-electron chi connectivity index (χ3n) is 11.8. The molecule has 0 amide bonds. The van der Waals surface area contributed by atoms with E-state index in [2.05, 4.69) is 178 Å². The average molecular weight is 689 g/mol. The van der Waals surface area contributed by atoms with Gasteiger partial charge in [-0.25, -0.2) is 4.98 Å². The maximum absolute atomic E-state index is 9.82. The molecule has 0 fully saturated rings. The molecule has 0 radical (unpaired) electrons. The van der Waals surface area contributed by atoms with Gasteiger partial charge in [0.05, 0.1) is 28.4 Å². The van der Waals surface area contributed by atoms with Gasteiger partial charge in [0.15, 0.2) is 0 Å². The zero-order valence-corrected chi connectivity index (χ0v) is 30.2. The molecule has 0 bridgehead atoms. The lowest BCUT2D eigenvalue weighted by atomic mass is 9.55. The van der Waals surface area contributed by atoms with Crippen LogP contribution in [0.1, 0.15) is 52.8 Å². The number of nitrogens with zero attached hydrogens (tertiary/aromatic N) is 2. The van der Waals surface area contributed by atoms with Crippen molar-refractivity contribution < 1.29 is 0 Å². The van der Waals surface area contributed by atoms with Crippen LogP contribution >= 0.6 is 0 Å². The van der Waals surface area contributed by atoms with Gasteiger partial charge in [-0.3, -0.25) is 0 Å². The number of pyridine rings is 1. The first kappa shape index (κ1) is 31.9. The largest absolute Gasteiger partial charge is 0.248 e. The predicted molar refractivity (Wildman–Crippen MR) is 220 cm³/mol. The highest BCUT2D eigenvalue weighted by molar-refractivity contribution is 5.96. The van der Waals surface area contributed by atoms with Crippen molar-refractivity contribution in [2.45, 2.75) is 24.7 Å². The van der Waals surface area contributed by atoms with E-state index in [1.807, 2.05) is 24.3 Å². The molecule has 54 heavy (non-hydrogen) atoms. The van der Waals surface area contributed by atoms with Crippen molar-refractivity contribution in [2.75, 3.05) is 0 Å².